The summed E-state index contributed by atoms with van der Waals surface area (Å²) in [4.78, 5) is 17.6. The number of methoxy groups -OCH3 is 2. The molecule has 1 N–H and O–H groups in total. The number of thioether (sulfide) groups is 1. The van der Waals surface area contributed by atoms with Crippen LogP contribution in [0.2, 0.25) is 0 Å². The van der Waals surface area contributed by atoms with Crippen LogP contribution in [0.15, 0.2) is 64.7 Å². The van der Waals surface area contributed by atoms with Crippen molar-refractivity contribution < 1.29 is 14.3 Å². The Morgan fingerprint density at radius 1 is 1.10 bits per heavy atom. The third kappa shape index (κ3) is 5.48. The summed E-state index contributed by atoms with van der Waals surface area (Å²) in [5.41, 5.74) is 5.34. The molecule has 6 nitrogen and oxygen atoms in total. The van der Waals surface area contributed by atoms with Gasteiger partial charge in [0.25, 0.3) is 0 Å². The first kappa shape index (κ1) is 20.7. The van der Waals surface area contributed by atoms with Crippen molar-refractivity contribution in [3.8, 4) is 11.5 Å². The number of benzene rings is 2. The zero-order chi connectivity index (χ0) is 20.6. The Morgan fingerprint density at radius 3 is 2.69 bits per heavy atom. The molecule has 7 heteroatoms. The van der Waals surface area contributed by atoms with Gasteiger partial charge in [0.2, 0.25) is 5.91 Å². The number of ether oxygens (including phenoxy) is 2. The highest BCUT2D eigenvalue weighted by molar-refractivity contribution is 8.00. The van der Waals surface area contributed by atoms with E-state index in [0.717, 1.165) is 27.1 Å². The van der Waals surface area contributed by atoms with Gasteiger partial charge in [-0.1, -0.05) is 24.3 Å². The number of pyridine rings is 1. The van der Waals surface area contributed by atoms with Gasteiger partial charge in [0, 0.05) is 28.6 Å². The molecule has 0 spiro atoms. The molecule has 29 heavy (non-hydrogen) atoms. The smallest absolute Gasteiger partial charge is 0.250 e. The molecular weight excluding hydrogens is 386 g/mol. The van der Waals surface area contributed by atoms with Gasteiger partial charge in [-0.3, -0.25) is 9.78 Å². The van der Waals surface area contributed by atoms with E-state index in [4.69, 9.17) is 9.47 Å². The molecule has 0 radical (unpaired) electrons. The summed E-state index contributed by atoms with van der Waals surface area (Å²) in [5, 5.41) is 5.27. The van der Waals surface area contributed by atoms with Crippen molar-refractivity contribution in [1.82, 2.24) is 10.4 Å². The maximum atomic E-state index is 12.2. The van der Waals surface area contributed by atoms with Crippen molar-refractivity contribution in [2.75, 3.05) is 20.0 Å². The van der Waals surface area contributed by atoms with Gasteiger partial charge < -0.3 is 9.47 Å². The van der Waals surface area contributed by atoms with Crippen LogP contribution < -0.4 is 14.9 Å². The topological polar surface area (TPSA) is 72.8 Å². The summed E-state index contributed by atoms with van der Waals surface area (Å²) in [6.45, 7) is 1.87. The fraction of sp³-hybridized carbons (Fsp3) is 0.227. The second-order valence-corrected chi connectivity index (χ2v) is 7.39. The Bertz CT molecular complexity index is 1030. The van der Waals surface area contributed by atoms with Gasteiger partial charge in [-0.05, 0) is 36.8 Å². The molecule has 0 fully saturated rings. The first-order valence-electron chi connectivity index (χ1n) is 9.10. The Hall–Kier alpha value is -3.06. The van der Waals surface area contributed by atoms with E-state index in [1.165, 1.54) is 11.8 Å². The van der Waals surface area contributed by atoms with Gasteiger partial charge in [-0.2, -0.15) is 5.10 Å². The van der Waals surface area contributed by atoms with E-state index in [0.29, 0.717) is 17.9 Å². The monoisotopic (exact) mass is 409 g/mol. The summed E-state index contributed by atoms with van der Waals surface area (Å²) < 4.78 is 10.6. The lowest BCUT2D eigenvalue weighted by Crippen LogP contribution is -2.21. The standard InChI is InChI=1S/C22H23N3O3S/c1-15(12-16-9-10-18(27-2)19(13-16)28-3)24-25-21(26)14-29-20-8-4-6-17-7-5-11-23-22(17)20/h4-11,13H,12,14H2,1-3H3,(H,25,26)/b24-15-. The van der Waals surface area contributed by atoms with E-state index in [2.05, 4.69) is 15.5 Å². The maximum absolute atomic E-state index is 12.2. The number of carbonyl (C=O) groups is 1. The number of hydrazone groups is 1. The number of rotatable bonds is 8. The average molecular weight is 410 g/mol. The van der Waals surface area contributed by atoms with Crippen LogP contribution in [-0.4, -0.2) is 36.6 Å². The van der Waals surface area contributed by atoms with Crippen LogP contribution in [0.3, 0.4) is 0 Å². The van der Waals surface area contributed by atoms with Gasteiger partial charge in [0.05, 0.1) is 25.5 Å². The number of fused-ring (bicyclic) bond motifs is 1. The van der Waals surface area contributed by atoms with Crippen LogP contribution in [-0.2, 0) is 11.2 Å². The highest BCUT2D eigenvalue weighted by Crippen LogP contribution is 2.28. The van der Waals surface area contributed by atoms with E-state index in [9.17, 15) is 4.79 Å². The number of carbonyl (C=O) groups excluding carboxylic acids is 1. The van der Waals surface area contributed by atoms with Crippen molar-refractivity contribution in [2.45, 2.75) is 18.2 Å². The zero-order valence-electron chi connectivity index (χ0n) is 16.6. The van der Waals surface area contributed by atoms with Crippen molar-refractivity contribution in [1.29, 1.82) is 0 Å². The molecule has 0 aliphatic rings. The molecule has 1 amide bonds. The highest BCUT2D eigenvalue weighted by Gasteiger charge is 2.08. The van der Waals surface area contributed by atoms with Crippen LogP contribution in [0.5, 0.6) is 11.5 Å². The second kappa shape index (κ2) is 9.93. The maximum Gasteiger partial charge on any atom is 0.250 e. The predicted molar refractivity (Wildman–Crippen MR) is 117 cm³/mol. The minimum absolute atomic E-state index is 0.158. The van der Waals surface area contributed by atoms with Gasteiger partial charge in [-0.15, -0.1) is 11.8 Å². The summed E-state index contributed by atoms with van der Waals surface area (Å²) in [6, 6.07) is 15.6. The lowest BCUT2D eigenvalue weighted by atomic mass is 10.1. The Kier molecular flexibility index (Phi) is 7.08. The number of aromatic nitrogens is 1. The minimum atomic E-state index is -0.158. The molecule has 0 saturated carbocycles. The number of nitrogens with zero attached hydrogens (tertiary/aromatic N) is 2. The molecule has 3 aromatic rings. The fourth-order valence-corrected chi connectivity index (χ4v) is 3.68. The third-order valence-corrected chi connectivity index (χ3v) is 5.28. The largest absolute Gasteiger partial charge is 0.493 e. The van der Waals surface area contributed by atoms with Crippen LogP contribution in [0.4, 0.5) is 0 Å². The molecule has 0 aliphatic heterocycles. The van der Waals surface area contributed by atoms with Crippen molar-refractivity contribution >= 4 is 34.3 Å². The Balaban J connectivity index is 1.56. The summed E-state index contributed by atoms with van der Waals surface area (Å²) in [6.07, 6.45) is 2.36. The molecule has 150 valence electrons. The van der Waals surface area contributed by atoms with E-state index in [1.54, 1.807) is 20.4 Å². The summed E-state index contributed by atoms with van der Waals surface area (Å²) in [7, 11) is 3.21. The van der Waals surface area contributed by atoms with Crippen molar-refractivity contribution in [2.24, 2.45) is 5.10 Å². The van der Waals surface area contributed by atoms with Gasteiger partial charge in [0.15, 0.2) is 11.5 Å². The fourth-order valence-electron chi connectivity index (χ4n) is 2.85. The molecular formula is C22H23N3O3S. The molecule has 0 bridgehead atoms. The number of amides is 1. The molecule has 1 aromatic heterocycles. The Morgan fingerprint density at radius 2 is 1.90 bits per heavy atom. The number of hydrogen-bond donors (Lipinski definition) is 1. The second-order valence-electron chi connectivity index (χ2n) is 6.37. The zero-order valence-corrected chi connectivity index (χ0v) is 17.5. The molecule has 0 saturated heterocycles. The van der Waals surface area contributed by atoms with Crippen molar-refractivity contribution in [3.05, 3.63) is 60.3 Å². The SMILES string of the molecule is COc1ccc(C/C(C)=N\NC(=O)CSc2cccc3cccnc23)cc1OC. The van der Waals surface area contributed by atoms with Gasteiger partial charge in [0.1, 0.15) is 0 Å². The molecule has 1 heterocycles. The summed E-state index contributed by atoms with van der Waals surface area (Å²) >= 11 is 1.45. The van der Waals surface area contributed by atoms with Crippen LogP contribution in [0, 0.1) is 0 Å². The van der Waals surface area contributed by atoms with Crippen molar-refractivity contribution in [3.63, 3.8) is 0 Å². The van der Waals surface area contributed by atoms with Gasteiger partial charge >= 0.3 is 0 Å². The van der Waals surface area contributed by atoms with E-state index in [-0.39, 0.29) is 11.7 Å². The quantitative estimate of drug-likeness (QED) is 0.345. The normalized spacial score (nSPS) is 11.3. The van der Waals surface area contributed by atoms with Gasteiger partial charge in [-0.25, -0.2) is 5.43 Å². The molecule has 2 aromatic carbocycles. The molecule has 0 atom stereocenters. The van der Waals surface area contributed by atoms with E-state index < -0.39 is 0 Å². The predicted octanol–water partition coefficient (Wildman–Crippen LogP) is 4.08. The number of hydrogen-bond acceptors (Lipinski definition) is 6. The molecule has 0 aliphatic carbocycles. The van der Waals surface area contributed by atoms with E-state index >= 15 is 0 Å². The summed E-state index contributed by atoms with van der Waals surface area (Å²) in [5.74, 6) is 1.46. The van der Waals surface area contributed by atoms with Crippen LogP contribution >= 0.6 is 11.8 Å². The number of nitrogens with one attached hydrogen (secondary N) is 1. The van der Waals surface area contributed by atoms with Crippen LogP contribution in [0.25, 0.3) is 10.9 Å². The third-order valence-electron chi connectivity index (χ3n) is 4.23. The molecule has 0 unspecified atom stereocenters. The lowest BCUT2D eigenvalue weighted by molar-refractivity contribution is -0.118. The average Bonchev–Trinajstić information content (AvgIpc) is 2.76. The van der Waals surface area contributed by atoms with Crippen LogP contribution in [0.1, 0.15) is 12.5 Å². The molecule has 3 rings (SSSR count). The minimum Gasteiger partial charge on any atom is -0.493 e. The highest BCUT2D eigenvalue weighted by atomic mass is 32.2. The first-order chi connectivity index (χ1) is 14.1. The Labute approximate surface area is 174 Å². The number of para-hydroxylation sites is 1. The lowest BCUT2D eigenvalue weighted by Gasteiger charge is -2.09. The van der Waals surface area contributed by atoms with E-state index in [1.807, 2.05) is 55.5 Å². The first-order valence-corrected chi connectivity index (χ1v) is 10.1.